The second-order valence-corrected chi connectivity index (χ2v) is 5.96. The largest absolute Gasteiger partial charge is 0.455 e. The molecule has 2 aromatic rings. The highest BCUT2D eigenvalue weighted by atomic mass is 32.1. The number of hydrogen-bond acceptors (Lipinski definition) is 5. The Morgan fingerprint density at radius 3 is 2.73 bits per heavy atom. The number of hydrogen-bond donors (Lipinski definition) is 2. The molecule has 0 aliphatic rings. The van der Waals surface area contributed by atoms with E-state index in [1.54, 1.807) is 48.5 Å². The highest BCUT2D eigenvalue weighted by molar-refractivity contribution is 7.82. The van der Waals surface area contributed by atoms with Gasteiger partial charge >= 0.3 is 6.03 Å². The summed E-state index contributed by atoms with van der Waals surface area (Å²) in [6.45, 7) is 2.08. The molecule has 0 heterocycles. The molecule has 0 aliphatic heterocycles. The van der Waals surface area contributed by atoms with Gasteiger partial charge in [0, 0.05) is 12.5 Å². The lowest BCUT2D eigenvalue weighted by Crippen LogP contribution is -2.27. The van der Waals surface area contributed by atoms with Gasteiger partial charge in [0.2, 0.25) is 6.29 Å². The molecule has 26 heavy (non-hydrogen) atoms. The predicted octanol–water partition coefficient (Wildman–Crippen LogP) is 4.26. The van der Waals surface area contributed by atoms with Crippen molar-refractivity contribution >= 4 is 24.5 Å². The molecule has 6 nitrogen and oxygen atoms in total. The Morgan fingerprint density at radius 2 is 2.04 bits per heavy atom. The van der Waals surface area contributed by atoms with Crippen LogP contribution in [0.25, 0.3) is 0 Å². The van der Waals surface area contributed by atoms with Crippen LogP contribution >= 0.6 is 12.8 Å². The number of carbonyl (C=O) groups excluding carboxylic acids is 1. The lowest BCUT2D eigenvalue weighted by Gasteiger charge is -2.22. The summed E-state index contributed by atoms with van der Waals surface area (Å²) < 4.78 is 12.9. The molecule has 0 saturated carbocycles. The number of para-hydroxylation sites is 1. The highest BCUT2D eigenvalue weighted by Gasteiger charge is 2.16. The number of primary amides is 1. The Kier molecular flexibility index (Phi) is 7.18. The van der Waals surface area contributed by atoms with E-state index >= 15 is 0 Å². The number of ether oxygens (including phenoxy) is 2. The van der Waals surface area contributed by atoms with Gasteiger partial charge in [-0.15, -0.1) is 0 Å². The molecule has 1 unspecified atom stereocenters. The van der Waals surface area contributed by atoms with E-state index in [0.717, 1.165) is 17.1 Å². The molecule has 2 amide bonds. The van der Waals surface area contributed by atoms with Gasteiger partial charge < -0.3 is 15.2 Å². The third kappa shape index (κ3) is 5.33. The summed E-state index contributed by atoms with van der Waals surface area (Å²) in [5.41, 5.74) is 6.17. The molecule has 0 bridgehead atoms. The van der Waals surface area contributed by atoms with Gasteiger partial charge in [-0.25, -0.2) is 9.10 Å². The summed E-state index contributed by atoms with van der Waals surface area (Å²) in [6, 6.07) is 15.3. The molecular formula is C19H21N3O3S. The molecule has 0 saturated heterocycles. The minimum atomic E-state index is -0.688. The number of anilines is 1. The zero-order chi connectivity index (χ0) is 18.9. The zero-order valence-corrected chi connectivity index (χ0v) is 15.4. The monoisotopic (exact) mass is 371 g/mol. The molecule has 2 rings (SSSR count). The van der Waals surface area contributed by atoms with Gasteiger partial charge in [0.25, 0.3) is 0 Å². The smallest absolute Gasteiger partial charge is 0.329 e. The van der Waals surface area contributed by atoms with Crippen LogP contribution in [0.1, 0.15) is 31.7 Å². The fraction of sp³-hybridized carbons (Fsp3) is 0.263. The lowest BCUT2D eigenvalue weighted by molar-refractivity contribution is -0.00228. The molecule has 2 N–H and O–H groups in total. The average Bonchev–Trinajstić information content (AvgIpc) is 2.66. The van der Waals surface area contributed by atoms with E-state index in [1.165, 1.54) is 0 Å². The summed E-state index contributed by atoms with van der Waals surface area (Å²) in [7, 11) is 0. The van der Waals surface area contributed by atoms with E-state index < -0.39 is 12.3 Å². The number of carbonyl (C=O) groups is 1. The maximum atomic E-state index is 11.3. The number of nitrogens with zero attached hydrogens (tertiary/aromatic N) is 2. The summed E-state index contributed by atoms with van der Waals surface area (Å²) in [4.78, 5) is 11.3. The van der Waals surface area contributed by atoms with Gasteiger partial charge in [-0.1, -0.05) is 44.4 Å². The molecule has 7 heteroatoms. The quantitative estimate of drug-likeness (QED) is 0.536. The Morgan fingerprint density at radius 1 is 1.27 bits per heavy atom. The fourth-order valence-electron chi connectivity index (χ4n) is 2.28. The van der Waals surface area contributed by atoms with Crippen molar-refractivity contribution in [3.63, 3.8) is 0 Å². The van der Waals surface area contributed by atoms with Gasteiger partial charge in [-0.3, -0.25) is 0 Å². The maximum absolute atomic E-state index is 11.3. The normalized spacial score (nSPS) is 11.3. The Labute approximate surface area is 158 Å². The molecule has 2 aromatic carbocycles. The van der Waals surface area contributed by atoms with Gasteiger partial charge in [0.1, 0.15) is 17.6 Å². The van der Waals surface area contributed by atoms with Gasteiger partial charge in [0.15, 0.2) is 0 Å². The molecule has 1 atom stereocenters. The SMILES string of the molecule is CCCCC(Oc1cccc(N(S)C(N)=O)c1)Oc1ccccc1C#N. The van der Waals surface area contributed by atoms with Gasteiger partial charge in [0.05, 0.1) is 11.3 Å². The molecule has 0 spiro atoms. The number of benzene rings is 2. The van der Waals surface area contributed by atoms with Crippen molar-refractivity contribution in [2.24, 2.45) is 5.73 Å². The minimum Gasteiger partial charge on any atom is -0.455 e. The zero-order valence-electron chi connectivity index (χ0n) is 14.5. The first-order valence-electron chi connectivity index (χ1n) is 8.26. The molecular weight excluding hydrogens is 350 g/mol. The van der Waals surface area contributed by atoms with Crippen LogP contribution < -0.4 is 19.5 Å². The predicted molar refractivity (Wildman–Crippen MR) is 103 cm³/mol. The number of nitrogens with two attached hydrogens (primary N) is 1. The maximum Gasteiger partial charge on any atom is 0.329 e. The van der Waals surface area contributed by atoms with Crippen molar-refractivity contribution in [1.29, 1.82) is 5.26 Å². The summed E-state index contributed by atoms with van der Waals surface area (Å²) in [5, 5.41) is 9.22. The Hall–Kier alpha value is -2.85. The van der Waals surface area contributed by atoms with Gasteiger partial charge in [-0.05, 0) is 30.7 Å². The van der Waals surface area contributed by atoms with Crippen LogP contribution in [0, 0.1) is 11.3 Å². The van der Waals surface area contributed by atoms with E-state index in [4.69, 9.17) is 15.2 Å². The molecule has 0 fully saturated rings. The van der Waals surface area contributed by atoms with Crippen LogP contribution in [0.3, 0.4) is 0 Å². The van der Waals surface area contributed by atoms with E-state index in [1.807, 2.05) is 0 Å². The van der Waals surface area contributed by atoms with Crippen molar-refractivity contribution in [1.82, 2.24) is 0 Å². The number of rotatable bonds is 8. The molecule has 0 aromatic heterocycles. The van der Waals surface area contributed by atoms with Crippen molar-refractivity contribution < 1.29 is 14.3 Å². The highest BCUT2D eigenvalue weighted by Crippen LogP contribution is 2.26. The minimum absolute atomic E-state index is 0.446. The van der Waals surface area contributed by atoms with Crippen molar-refractivity contribution in [2.45, 2.75) is 32.5 Å². The molecule has 0 aliphatic carbocycles. The second kappa shape index (κ2) is 9.59. The van der Waals surface area contributed by atoms with E-state index in [0.29, 0.717) is 29.2 Å². The number of unbranched alkanes of at least 4 members (excludes halogenated alkanes) is 1. The van der Waals surface area contributed by atoms with Gasteiger partial charge in [-0.2, -0.15) is 5.26 Å². The first-order valence-corrected chi connectivity index (χ1v) is 8.66. The summed E-state index contributed by atoms with van der Waals surface area (Å²) in [5.74, 6) is 0.985. The fourth-order valence-corrected chi connectivity index (χ4v) is 2.41. The number of amides is 2. The second-order valence-electron chi connectivity index (χ2n) is 5.56. The van der Waals surface area contributed by atoms with Crippen LogP contribution in [0.5, 0.6) is 11.5 Å². The van der Waals surface area contributed by atoms with E-state index in [-0.39, 0.29) is 0 Å². The van der Waals surface area contributed by atoms with Crippen LogP contribution in [-0.2, 0) is 0 Å². The summed E-state index contributed by atoms with van der Waals surface area (Å²) in [6.07, 6.45) is 1.97. The van der Waals surface area contributed by atoms with E-state index in [9.17, 15) is 10.1 Å². The standard InChI is InChI=1S/C19H21N3O3S/c1-2-3-11-18(25-17-10-5-4-7-14(17)13-20)24-16-9-6-8-15(12-16)22(26)19(21)23/h4-10,12,18,26H,2-3,11H2,1H3,(H2,21,23). The van der Waals surface area contributed by atoms with Crippen molar-refractivity contribution in [3.8, 4) is 17.6 Å². The summed E-state index contributed by atoms with van der Waals surface area (Å²) >= 11 is 4.05. The van der Waals surface area contributed by atoms with E-state index in [2.05, 4.69) is 25.8 Å². The number of thiol groups is 1. The third-order valence-electron chi connectivity index (χ3n) is 3.60. The number of nitriles is 1. The van der Waals surface area contributed by atoms with Crippen LogP contribution in [0.15, 0.2) is 48.5 Å². The van der Waals surface area contributed by atoms with Crippen molar-refractivity contribution in [3.05, 3.63) is 54.1 Å². The Bertz CT molecular complexity index is 792. The topological polar surface area (TPSA) is 88.6 Å². The first kappa shape index (κ1) is 19.5. The van der Waals surface area contributed by atoms with Crippen molar-refractivity contribution in [2.75, 3.05) is 4.31 Å². The third-order valence-corrected chi connectivity index (χ3v) is 4.03. The van der Waals surface area contributed by atoms with Crippen LogP contribution in [0.2, 0.25) is 0 Å². The Balaban J connectivity index is 2.19. The molecule has 136 valence electrons. The van der Waals surface area contributed by atoms with Crippen LogP contribution in [-0.4, -0.2) is 12.3 Å². The first-order chi connectivity index (χ1) is 12.5. The number of urea groups is 1. The lowest BCUT2D eigenvalue weighted by atomic mass is 10.2. The van der Waals surface area contributed by atoms with Crippen LogP contribution in [0.4, 0.5) is 10.5 Å². The average molecular weight is 371 g/mol. The molecule has 0 radical (unpaired) electrons.